The topological polar surface area (TPSA) is 72.2 Å². The third-order valence-electron chi connectivity index (χ3n) is 1.79. The number of carbonyl (C=O) groups excluding carboxylic acids is 2. The van der Waals surface area contributed by atoms with Crippen LogP contribution in [0.4, 0.5) is 0 Å². The normalized spacial score (nSPS) is 12.2. The summed E-state index contributed by atoms with van der Waals surface area (Å²) in [6.45, 7) is 1.73. The SMILES string of the molecule is CC(CC(N)=O)NC(=O)c1cc(Br)sc1Br. The molecule has 7 heteroatoms. The van der Waals surface area contributed by atoms with E-state index in [0.717, 1.165) is 7.57 Å². The number of nitrogens with one attached hydrogen (secondary N) is 1. The van der Waals surface area contributed by atoms with Crippen molar-refractivity contribution in [2.45, 2.75) is 19.4 Å². The predicted octanol–water partition coefficient (Wildman–Crippen LogP) is 2.27. The van der Waals surface area contributed by atoms with Crippen LogP contribution in [0.15, 0.2) is 13.6 Å². The van der Waals surface area contributed by atoms with Crippen molar-refractivity contribution >= 4 is 55.0 Å². The lowest BCUT2D eigenvalue weighted by atomic mass is 10.2. The first-order valence-electron chi connectivity index (χ1n) is 4.44. The van der Waals surface area contributed by atoms with Crippen molar-refractivity contribution in [3.63, 3.8) is 0 Å². The molecule has 0 saturated heterocycles. The Labute approximate surface area is 114 Å². The second kappa shape index (κ2) is 5.79. The molecule has 0 saturated carbocycles. The fraction of sp³-hybridized carbons (Fsp3) is 0.333. The minimum absolute atomic E-state index is 0.134. The molecule has 4 nitrogen and oxygen atoms in total. The summed E-state index contributed by atoms with van der Waals surface area (Å²) in [4.78, 5) is 22.4. The molecular formula is C9H10Br2N2O2S. The number of amides is 2. The summed E-state index contributed by atoms with van der Waals surface area (Å²) in [7, 11) is 0. The molecule has 0 aromatic carbocycles. The molecule has 0 radical (unpaired) electrons. The van der Waals surface area contributed by atoms with E-state index in [-0.39, 0.29) is 18.4 Å². The Kier molecular flexibility index (Phi) is 4.94. The molecule has 2 amide bonds. The molecule has 1 atom stereocenters. The monoisotopic (exact) mass is 368 g/mol. The standard InChI is InChI=1S/C9H10Br2N2O2S/c1-4(2-7(12)14)13-9(15)5-3-6(10)16-8(5)11/h3-4H,2H2,1H3,(H2,12,14)(H,13,15). The summed E-state index contributed by atoms with van der Waals surface area (Å²) < 4.78 is 1.62. The Morgan fingerprint density at radius 3 is 2.62 bits per heavy atom. The summed E-state index contributed by atoms with van der Waals surface area (Å²) in [6.07, 6.45) is 0.134. The van der Waals surface area contributed by atoms with Gasteiger partial charge in [0.2, 0.25) is 5.91 Å². The number of halogens is 2. The average molecular weight is 370 g/mol. The van der Waals surface area contributed by atoms with E-state index in [1.165, 1.54) is 11.3 Å². The minimum atomic E-state index is -0.432. The molecule has 16 heavy (non-hydrogen) atoms. The van der Waals surface area contributed by atoms with Crippen molar-refractivity contribution in [3.05, 3.63) is 19.2 Å². The van der Waals surface area contributed by atoms with Gasteiger partial charge in [-0.25, -0.2) is 0 Å². The highest BCUT2D eigenvalue weighted by Crippen LogP contribution is 2.31. The molecule has 1 unspecified atom stereocenters. The fourth-order valence-electron chi connectivity index (χ4n) is 1.15. The van der Waals surface area contributed by atoms with E-state index < -0.39 is 5.91 Å². The zero-order chi connectivity index (χ0) is 12.3. The lowest BCUT2D eigenvalue weighted by molar-refractivity contribution is -0.118. The first-order chi connectivity index (χ1) is 7.40. The molecule has 1 aromatic heterocycles. The van der Waals surface area contributed by atoms with Gasteiger partial charge in [0.15, 0.2) is 0 Å². The van der Waals surface area contributed by atoms with Crippen LogP contribution in [0.1, 0.15) is 23.7 Å². The number of carbonyl (C=O) groups is 2. The number of rotatable bonds is 4. The van der Waals surface area contributed by atoms with E-state index in [1.807, 2.05) is 0 Å². The van der Waals surface area contributed by atoms with E-state index in [1.54, 1.807) is 13.0 Å². The van der Waals surface area contributed by atoms with Gasteiger partial charge in [0.25, 0.3) is 5.91 Å². The molecule has 0 fully saturated rings. The molecule has 0 bridgehead atoms. The van der Waals surface area contributed by atoms with Gasteiger partial charge in [-0.05, 0) is 44.8 Å². The maximum Gasteiger partial charge on any atom is 0.253 e. The number of hydrogen-bond acceptors (Lipinski definition) is 3. The predicted molar refractivity (Wildman–Crippen MR) is 70.5 cm³/mol. The Bertz CT molecular complexity index is 420. The molecule has 0 aliphatic carbocycles. The van der Waals surface area contributed by atoms with Crippen LogP contribution < -0.4 is 11.1 Å². The van der Waals surface area contributed by atoms with E-state index in [2.05, 4.69) is 37.2 Å². The maximum atomic E-state index is 11.8. The third kappa shape index (κ3) is 3.88. The summed E-state index contributed by atoms with van der Waals surface area (Å²) >= 11 is 8.01. The van der Waals surface area contributed by atoms with Gasteiger partial charge >= 0.3 is 0 Å². The highest BCUT2D eigenvalue weighted by atomic mass is 79.9. The lowest BCUT2D eigenvalue weighted by Gasteiger charge is -2.11. The molecule has 1 aromatic rings. The van der Waals surface area contributed by atoms with Gasteiger partial charge in [-0.1, -0.05) is 0 Å². The summed E-state index contributed by atoms with van der Waals surface area (Å²) in [6, 6.07) is 1.46. The average Bonchev–Trinajstić information content (AvgIpc) is 2.43. The van der Waals surface area contributed by atoms with E-state index in [4.69, 9.17) is 5.73 Å². The second-order valence-electron chi connectivity index (χ2n) is 3.28. The van der Waals surface area contributed by atoms with Gasteiger partial charge in [-0.15, -0.1) is 11.3 Å². The molecular weight excluding hydrogens is 360 g/mol. The Balaban J connectivity index is 2.65. The van der Waals surface area contributed by atoms with Crippen molar-refractivity contribution in [2.24, 2.45) is 5.73 Å². The highest BCUT2D eigenvalue weighted by molar-refractivity contribution is 9.12. The second-order valence-corrected chi connectivity index (χ2v) is 7.03. The van der Waals surface area contributed by atoms with Gasteiger partial charge < -0.3 is 11.1 Å². The van der Waals surface area contributed by atoms with Gasteiger partial charge in [0.1, 0.15) is 0 Å². The lowest BCUT2D eigenvalue weighted by Crippen LogP contribution is -2.35. The van der Waals surface area contributed by atoms with Crippen molar-refractivity contribution in [3.8, 4) is 0 Å². The van der Waals surface area contributed by atoms with Crippen LogP contribution in [0.25, 0.3) is 0 Å². The number of nitrogens with two attached hydrogens (primary N) is 1. The third-order valence-corrected chi connectivity index (χ3v) is 4.13. The van der Waals surface area contributed by atoms with Crippen LogP contribution in [0.3, 0.4) is 0 Å². The molecule has 0 aliphatic rings. The summed E-state index contributed by atoms with van der Waals surface area (Å²) in [5, 5.41) is 2.70. The summed E-state index contributed by atoms with van der Waals surface area (Å²) in [5.74, 6) is -0.652. The fourth-order valence-corrected chi connectivity index (χ4v) is 3.94. The molecule has 3 N–H and O–H groups in total. The van der Waals surface area contributed by atoms with Crippen LogP contribution >= 0.6 is 43.2 Å². The Morgan fingerprint density at radius 1 is 1.56 bits per heavy atom. The van der Waals surface area contributed by atoms with Crippen molar-refractivity contribution < 1.29 is 9.59 Å². The first kappa shape index (κ1) is 13.7. The van der Waals surface area contributed by atoms with E-state index in [0.29, 0.717) is 5.56 Å². The van der Waals surface area contributed by atoms with Crippen molar-refractivity contribution in [1.29, 1.82) is 0 Å². The molecule has 88 valence electrons. The van der Waals surface area contributed by atoms with Crippen LogP contribution in [0.5, 0.6) is 0 Å². The zero-order valence-electron chi connectivity index (χ0n) is 8.42. The molecule has 1 rings (SSSR count). The molecule has 0 spiro atoms. The maximum absolute atomic E-state index is 11.8. The van der Waals surface area contributed by atoms with Gasteiger partial charge in [-0.3, -0.25) is 9.59 Å². The Hall–Kier alpha value is -0.400. The number of hydrogen-bond donors (Lipinski definition) is 2. The van der Waals surface area contributed by atoms with Crippen LogP contribution in [0, 0.1) is 0 Å². The van der Waals surface area contributed by atoms with Gasteiger partial charge in [0, 0.05) is 12.5 Å². The summed E-state index contributed by atoms with van der Waals surface area (Å²) in [5.41, 5.74) is 5.59. The molecule has 0 aliphatic heterocycles. The smallest absolute Gasteiger partial charge is 0.253 e. The van der Waals surface area contributed by atoms with Gasteiger partial charge in [0.05, 0.1) is 13.1 Å². The number of primary amides is 1. The van der Waals surface area contributed by atoms with Crippen LogP contribution in [0.2, 0.25) is 0 Å². The zero-order valence-corrected chi connectivity index (χ0v) is 12.4. The Morgan fingerprint density at radius 2 is 2.19 bits per heavy atom. The quantitative estimate of drug-likeness (QED) is 0.854. The first-order valence-corrected chi connectivity index (χ1v) is 6.84. The molecule has 1 heterocycles. The van der Waals surface area contributed by atoms with E-state index in [9.17, 15) is 9.59 Å². The van der Waals surface area contributed by atoms with Crippen molar-refractivity contribution in [1.82, 2.24) is 5.32 Å². The van der Waals surface area contributed by atoms with E-state index >= 15 is 0 Å². The largest absolute Gasteiger partial charge is 0.370 e. The highest BCUT2D eigenvalue weighted by Gasteiger charge is 2.16. The van der Waals surface area contributed by atoms with Crippen molar-refractivity contribution in [2.75, 3.05) is 0 Å². The minimum Gasteiger partial charge on any atom is -0.370 e. The van der Waals surface area contributed by atoms with Crippen LogP contribution in [-0.2, 0) is 4.79 Å². The van der Waals surface area contributed by atoms with Crippen LogP contribution in [-0.4, -0.2) is 17.9 Å². The number of thiophene rings is 1. The van der Waals surface area contributed by atoms with Gasteiger partial charge in [-0.2, -0.15) is 0 Å².